The molecule has 0 saturated carbocycles. The summed E-state index contributed by atoms with van der Waals surface area (Å²) in [6.45, 7) is 4.12. The number of hydrogen-bond acceptors (Lipinski definition) is 4. The predicted molar refractivity (Wildman–Crippen MR) is 82.9 cm³/mol. The second kappa shape index (κ2) is 6.15. The molecular weight excluding hydrogens is 268 g/mol. The first-order chi connectivity index (χ1) is 9.84. The Balaban J connectivity index is 1.50. The van der Waals surface area contributed by atoms with E-state index in [-0.39, 0.29) is 0 Å². The summed E-state index contributed by atoms with van der Waals surface area (Å²) >= 11 is 1.64. The SMILES string of the molecule is CC(NCCCn1cnc2ccccc21)c1cscn1. The van der Waals surface area contributed by atoms with E-state index < -0.39 is 0 Å². The van der Waals surface area contributed by atoms with E-state index in [1.165, 1.54) is 5.52 Å². The highest BCUT2D eigenvalue weighted by molar-refractivity contribution is 7.07. The number of fused-ring (bicyclic) bond motifs is 1. The smallest absolute Gasteiger partial charge is 0.0958 e. The molecule has 20 heavy (non-hydrogen) atoms. The third-order valence-corrected chi connectivity index (χ3v) is 4.05. The van der Waals surface area contributed by atoms with Gasteiger partial charge in [-0.15, -0.1) is 11.3 Å². The highest BCUT2D eigenvalue weighted by Gasteiger charge is 2.06. The number of aromatic nitrogens is 3. The molecule has 0 fully saturated rings. The van der Waals surface area contributed by atoms with Crippen LogP contribution in [0.25, 0.3) is 11.0 Å². The fourth-order valence-electron chi connectivity index (χ4n) is 2.30. The average molecular weight is 286 g/mol. The third kappa shape index (κ3) is 2.89. The monoisotopic (exact) mass is 286 g/mol. The fourth-order valence-corrected chi connectivity index (χ4v) is 2.94. The molecule has 4 nitrogen and oxygen atoms in total. The first-order valence-electron chi connectivity index (χ1n) is 6.86. The Kier molecular flexibility index (Phi) is 4.08. The van der Waals surface area contributed by atoms with Gasteiger partial charge in [0, 0.05) is 18.0 Å². The van der Waals surface area contributed by atoms with E-state index in [4.69, 9.17) is 0 Å². The molecule has 0 radical (unpaired) electrons. The van der Waals surface area contributed by atoms with Crippen LogP contribution in [0.15, 0.2) is 41.5 Å². The van der Waals surface area contributed by atoms with Gasteiger partial charge in [-0.2, -0.15) is 0 Å². The van der Waals surface area contributed by atoms with E-state index in [2.05, 4.69) is 44.3 Å². The molecule has 1 aromatic carbocycles. The summed E-state index contributed by atoms with van der Waals surface area (Å²) in [4.78, 5) is 8.73. The largest absolute Gasteiger partial charge is 0.331 e. The Hall–Kier alpha value is -1.72. The van der Waals surface area contributed by atoms with Crippen molar-refractivity contribution in [1.29, 1.82) is 0 Å². The highest BCUT2D eigenvalue weighted by atomic mass is 32.1. The third-order valence-electron chi connectivity index (χ3n) is 3.45. The highest BCUT2D eigenvalue weighted by Crippen LogP contribution is 2.13. The lowest BCUT2D eigenvalue weighted by atomic mass is 10.2. The summed E-state index contributed by atoms with van der Waals surface area (Å²) in [5.74, 6) is 0. The molecule has 1 atom stereocenters. The number of rotatable bonds is 6. The minimum Gasteiger partial charge on any atom is -0.331 e. The lowest BCUT2D eigenvalue weighted by Crippen LogP contribution is -2.21. The number of aryl methyl sites for hydroxylation is 1. The fraction of sp³-hybridized carbons (Fsp3) is 0.333. The van der Waals surface area contributed by atoms with Crippen LogP contribution in [0.4, 0.5) is 0 Å². The summed E-state index contributed by atoms with van der Waals surface area (Å²) in [5.41, 5.74) is 5.28. The molecule has 0 aliphatic carbocycles. The first kappa shape index (κ1) is 13.3. The van der Waals surface area contributed by atoms with Gasteiger partial charge < -0.3 is 9.88 Å². The quantitative estimate of drug-likeness (QED) is 0.707. The van der Waals surface area contributed by atoms with Crippen LogP contribution in [-0.2, 0) is 6.54 Å². The van der Waals surface area contributed by atoms with Crippen LogP contribution in [0, 0.1) is 0 Å². The summed E-state index contributed by atoms with van der Waals surface area (Å²) < 4.78 is 2.21. The molecule has 1 N–H and O–H groups in total. The van der Waals surface area contributed by atoms with E-state index in [0.717, 1.165) is 30.7 Å². The topological polar surface area (TPSA) is 42.7 Å². The Morgan fingerprint density at radius 1 is 1.30 bits per heavy atom. The molecule has 3 rings (SSSR count). The van der Waals surface area contributed by atoms with Gasteiger partial charge in [0.1, 0.15) is 0 Å². The van der Waals surface area contributed by atoms with Gasteiger partial charge in [-0.3, -0.25) is 0 Å². The van der Waals surface area contributed by atoms with Crippen molar-refractivity contribution in [3.8, 4) is 0 Å². The molecule has 2 aromatic heterocycles. The van der Waals surface area contributed by atoms with E-state index in [1.54, 1.807) is 11.3 Å². The Bertz CT molecular complexity index is 659. The number of thiazole rings is 1. The summed E-state index contributed by atoms with van der Waals surface area (Å²) in [5, 5.41) is 5.60. The normalized spacial score (nSPS) is 12.8. The lowest BCUT2D eigenvalue weighted by molar-refractivity contribution is 0.524. The predicted octanol–water partition coefficient (Wildman–Crippen LogP) is 3.23. The number of nitrogens with zero attached hydrogens (tertiary/aromatic N) is 3. The second-order valence-corrected chi connectivity index (χ2v) is 5.59. The maximum Gasteiger partial charge on any atom is 0.0958 e. The Labute approximate surface area is 122 Å². The van der Waals surface area contributed by atoms with Gasteiger partial charge in [0.25, 0.3) is 0 Å². The molecule has 0 saturated heterocycles. The molecule has 1 unspecified atom stereocenters. The Morgan fingerprint density at radius 2 is 2.20 bits per heavy atom. The van der Waals surface area contributed by atoms with Crippen molar-refractivity contribution in [2.45, 2.75) is 25.9 Å². The molecule has 0 aliphatic heterocycles. The van der Waals surface area contributed by atoms with Crippen LogP contribution >= 0.6 is 11.3 Å². The van der Waals surface area contributed by atoms with Crippen LogP contribution < -0.4 is 5.32 Å². The van der Waals surface area contributed by atoms with Crippen LogP contribution in [0.3, 0.4) is 0 Å². The van der Waals surface area contributed by atoms with E-state index in [1.807, 2.05) is 24.0 Å². The van der Waals surface area contributed by atoms with Crippen LogP contribution in [0.2, 0.25) is 0 Å². The van der Waals surface area contributed by atoms with Crippen molar-refractivity contribution in [3.05, 3.63) is 47.2 Å². The Morgan fingerprint density at radius 3 is 3.05 bits per heavy atom. The minimum atomic E-state index is 0.320. The molecule has 104 valence electrons. The van der Waals surface area contributed by atoms with Crippen LogP contribution in [0.5, 0.6) is 0 Å². The average Bonchev–Trinajstić information content (AvgIpc) is 3.13. The van der Waals surface area contributed by atoms with Gasteiger partial charge in [-0.25, -0.2) is 9.97 Å². The van der Waals surface area contributed by atoms with Gasteiger partial charge in [-0.1, -0.05) is 12.1 Å². The van der Waals surface area contributed by atoms with Crippen molar-refractivity contribution < 1.29 is 0 Å². The molecule has 0 amide bonds. The molecule has 5 heteroatoms. The molecule has 2 heterocycles. The molecule has 0 aliphatic rings. The zero-order valence-corrected chi connectivity index (χ0v) is 12.3. The van der Waals surface area contributed by atoms with Gasteiger partial charge in [0.05, 0.1) is 28.6 Å². The summed E-state index contributed by atoms with van der Waals surface area (Å²) in [7, 11) is 0. The van der Waals surface area contributed by atoms with Gasteiger partial charge in [0.15, 0.2) is 0 Å². The number of nitrogens with one attached hydrogen (secondary N) is 1. The number of hydrogen-bond donors (Lipinski definition) is 1. The number of imidazole rings is 1. The molecular formula is C15H18N4S. The van der Waals surface area contributed by atoms with Crippen molar-refractivity contribution in [2.75, 3.05) is 6.54 Å². The van der Waals surface area contributed by atoms with E-state index in [0.29, 0.717) is 6.04 Å². The first-order valence-corrected chi connectivity index (χ1v) is 7.80. The van der Waals surface area contributed by atoms with E-state index in [9.17, 15) is 0 Å². The van der Waals surface area contributed by atoms with Crippen molar-refractivity contribution >= 4 is 22.4 Å². The summed E-state index contributed by atoms with van der Waals surface area (Å²) in [6, 6.07) is 8.57. The zero-order chi connectivity index (χ0) is 13.8. The van der Waals surface area contributed by atoms with Gasteiger partial charge in [-0.05, 0) is 32.0 Å². The zero-order valence-electron chi connectivity index (χ0n) is 11.5. The van der Waals surface area contributed by atoms with Gasteiger partial charge >= 0.3 is 0 Å². The van der Waals surface area contributed by atoms with Crippen molar-refractivity contribution in [3.63, 3.8) is 0 Å². The van der Waals surface area contributed by atoms with Crippen molar-refractivity contribution in [1.82, 2.24) is 19.9 Å². The van der Waals surface area contributed by atoms with Crippen molar-refractivity contribution in [2.24, 2.45) is 0 Å². The van der Waals surface area contributed by atoms with Crippen LogP contribution in [-0.4, -0.2) is 21.1 Å². The molecule has 0 bridgehead atoms. The maximum atomic E-state index is 4.41. The minimum absolute atomic E-state index is 0.320. The molecule has 3 aromatic rings. The van der Waals surface area contributed by atoms with E-state index >= 15 is 0 Å². The summed E-state index contributed by atoms with van der Waals surface area (Å²) in [6.07, 6.45) is 3.00. The molecule has 0 spiro atoms. The lowest BCUT2D eigenvalue weighted by Gasteiger charge is -2.11. The second-order valence-electron chi connectivity index (χ2n) is 4.87. The van der Waals surface area contributed by atoms with Gasteiger partial charge in [0.2, 0.25) is 0 Å². The number of para-hydroxylation sites is 2. The standard InChI is InChI=1S/C15H18N4S/c1-12(14-9-20-11-18-14)16-7-4-8-19-10-17-13-5-2-3-6-15(13)19/h2-3,5-6,9-12,16H,4,7-8H2,1H3. The maximum absolute atomic E-state index is 4.41. The number of benzene rings is 1. The van der Waals surface area contributed by atoms with Crippen LogP contribution in [0.1, 0.15) is 25.1 Å².